The molecule has 2 rings (SSSR count). The smallest absolute Gasteiger partial charge is 0.305 e. The van der Waals surface area contributed by atoms with Gasteiger partial charge in [-0.15, -0.1) is 5.10 Å². The van der Waals surface area contributed by atoms with Crippen molar-refractivity contribution in [2.45, 2.75) is 31.9 Å². The van der Waals surface area contributed by atoms with Gasteiger partial charge in [-0.05, 0) is 43.2 Å². The fourth-order valence-corrected chi connectivity index (χ4v) is 2.84. The number of amidine groups is 1. The van der Waals surface area contributed by atoms with E-state index in [0.29, 0.717) is 17.5 Å². The van der Waals surface area contributed by atoms with Crippen molar-refractivity contribution in [3.05, 3.63) is 29.8 Å². The summed E-state index contributed by atoms with van der Waals surface area (Å²) < 4.78 is 5.52. The zero-order valence-corrected chi connectivity index (χ0v) is 14.3. The number of rotatable bonds is 7. The predicted octanol–water partition coefficient (Wildman–Crippen LogP) is 2.26. The number of hydrogen-bond acceptors (Lipinski definition) is 6. The molecule has 1 aliphatic heterocycles. The quantitative estimate of drug-likeness (QED) is 0.581. The molecule has 0 bridgehead atoms. The van der Waals surface area contributed by atoms with Gasteiger partial charge in [0.1, 0.15) is 11.0 Å². The number of ether oxygens (including phenoxy) is 1. The molecule has 24 heavy (non-hydrogen) atoms. The number of carboxylic acids is 1. The average molecular weight is 349 g/mol. The van der Waals surface area contributed by atoms with Crippen molar-refractivity contribution < 1.29 is 19.4 Å². The average Bonchev–Trinajstić information content (AvgIpc) is 2.90. The summed E-state index contributed by atoms with van der Waals surface area (Å²) in [4.78, 5) is 22.3. The minimum atomic E-state index is -1.02. The van der Waals surface area contributed by atoms with Crippen molar-refractivity contribution in [2.75, 3.05) is 6.61 Å². The zero-order valence-electron chi connectivity index (χ0n) is 13.5. The second-order valence-corrected chi connectivity index (χ2v) is 6.35. The van der Waals surface area contributed by atoms with Crippen LogP contribution in [0.1, 0.15) is 32.3 Å². The van der Waals surface area contributed by atoms with E-state index in [0.717, 1.165) is 29.5 Å². The minimum Gasteiger partial charge on any atom is -0.494 e. The summed E-state index contributed by atoms with van der Waals surface area (Å²) in [5, 5.41) is 19.0. The zero-order chi connectivity index (χ0) is 17.5. The Balaban J connectivity index is 2.00. The van der Waals surface area contributed by atoms with Gasteiger partial charge in [0.05, 0.1) is 18.7 Å². The van der Waals surface area contributed by atoms with E-state index in [1.807, 2.05) is 38.1 Å². The maximum atomic E-state index is 11.6. The van der Waals surface area contributed by atoms with Crippen LogP contribution in [0.25, 0.3) is 0 Å². The Labute approximate surface area is 144 Å². The molecule has 1 aromatic carbocycles. The summed E-state index contributed by atoms with van der Waals surface area (Å²) in [6.45, 7) is 4.53. The molecule has 0 aliphatic carbocycles. The molecule has 1 heterocycles. The van der Waals surface area contributed by atoms with Crippen LogP contribution >= 0.6 is 11.8 Å². The highest BCUT2D eigenvalue weighted by Gasteiger charge is 2.32. The van der Waals surface area contributed by atoms with Crippen molar-refractivity contribution >= 4 is 34.5 Å². The third kappa shape index (κ3) is 5.09. The first kappa shape index (κ1) is 18.0. The predicted molar refractivity (Wildman–Crippen MR) is 93.6 cm³/mol. The molecule has 2 N–H and O–H groups in total. The SMILES string of the molecule is CCCOc1ccc(C(C)=NN=C2NC(=O)C(CC(=O)O)S2)cc1. The highest BCUT2D eigenvalue weighted by molar-refractivity contribution is 8.15. The third-order valence-corrected chi connectivity index (χ3v) is 4.24. The molecule has 1 saturated heterocycles. The first-order valence-electron chi connectivity index (χ1n) is 7.54. The van der Waals surface area contributed by atoms with E-state index >= 15 is 0 Å². The Morgan fingerprint density at radius 3 is 2.71 bits per heavy atom. The number of carboxylic acid groups (broad SMARTS) is 1. The number of hydrogen-bond donors (Lipinski definition) is 2. The lowest BCUT2D eigenvalue weighted by atomic mass is 10.1. The molecule has 8 heteroatoms. The molecule has 0 saturated carbocycles. The molecule has 1 atom stereocenters. The maximum Gasteiger partial charge on any atom is 0.305 e. The summed E-state index contributed by atoms with van der Waals surface area (Å²) in [5.74, 6) is -0.574. The molecule has 1 unspecified atom stereocenters. The number of nitrogens with one attached hydrogen (secondary N) is 1. The first-order valence-corrected chi connectivity index (χ1v) is 8.42. The largest absolute Gasteiger partial charge is 0.494 e. The van der Waals surface area contributed by atoms with Gasteiger partial charge >= 0.3 is 5.97 Å². The number of amides is 1. The second kappa shape index (κ2) is 8.49. The molecule has 0 radical (unpaired) electrons. The van der Waals surface area contributed by atoms with Gasteiger partial charge in [-0.2, -0.15) is 5.10 Å². The summed E-state index contributed by atoms with van der Waals surface area (Å²) in [6, 6.07) is 7.51. The van der Waals surface area contributed by atoms with Gasteiger partial charge in [0, 0.05) is 0 Å². The third-order valence-electron chi connectivity index (χ3n) is 3.17. The lowest BCUT2D eigenvalue weighted by Gasteiger charge is -2.05. The van der Waals surface area contributed by atoms with Crippen molar-refractivity contribution in [3.8, 4) is 5.75 Å². The van der Waals surface area contributed by atoms with Crippen molar-refractivity contribution in [3.63, 3.8) is 0 Å². The van der Waals surface area contributed by atoms with Crippen molar-refractivity contribution in [2.24, 2.45) is 10.2 Å². The number of carbonyl (C=O) groups is 2. The fraction of sp³-hybridized carbons (Fsp3) is 0.375. The molecule has 0 aromatic heterocycles. The van der Waals surface area contributed by atoms with Gasteiger partial charge in [0.25, 0.3) is 0 Å². The normalized spacial score (nSPS) is 19.4. The number of aliphatic carboxylic acids is 1. The first-order chi connectivity index (χ1) is 11.5. The second-order valence-electron chi connectivity index (χ2n) is 5.16. The van der Waals surface area contributed by atoms with Crippen LogP contribution in [0.5, 0.6) is 5.75 Å². The summed E-state index contributed by atoms with van der Waals surface area (Å²) in [7, 11) is 0. The minimum absolute atomic E-state index is 0.239. The van der Waals surface area contributed by atoms with Gasteiger partial charge < -0.3 is 15.2 Å². The Bertz CT molecular complexity index is 670. The fourth-order valence-electron chi connectivity index (χ4n) is 1.94. The van der Waals surface area contributed by atoms with Gasteiger partial charge in [0.15, 0.2) is 5.17 Å². The lowest BCUT2D eigenvalue weighted by Crippen LogP contribution is -2.26. The number of nitrogens with zero attached hydrogens (tertiary/aromatic N) is 2. The maximum absolute atomic E-state index is 11.6. The summed E-state index contributed by atoms with van der Waals surface area (Å²) in [6.07, 6.45) is 0.712. The summed E-state index contributed by atoms with van der Waals surface area (Å²) >= 11 is 1.08. The van der Waals surface area contributed by atoms with Crippen LogP contribution in [0.2, 0.25) is 0 Å². The molecule has 128 valence electrons. The van der Waals surface area contributed by atoms with Gasteiger partial charge in [0.2, 0.25) is 5.91 Å². The highest BCUT2D eigenvalue weighted by Crippen LogP contribution is 2.22. The molecule has 7 nitrogen and oxygen atoms in total. The Morgan fingerprint density at radius 2 is 2.08 bits per heavy atom. The molecular weight excluding hydrogens is 330 g/mol. The van der Waals surface area contributed by atoms with Gasteiger partial charge in [-0.25, -0.2) is 0 Å². The van der Waals surface area contributed by atoms with Crippen LogP contribution in [-0.2, 0) is 9.59 Å². The molecule has 1 aliphatic rings. The van der Waals surface area contributed by atoms with Crippen molar-refractivity contribution in [1.82, 2.24) is 5.32 Å². The molecule has 1 aromatic rings. The van der Waals surface area contributed by atoms with Gasteiger partial charge in [-0.1, -0.05) is 18.7 Å². The van der Waals surface area contributed by atoms with Crippen LogP contribution in [0, 0.1) is 0 Å². The van der Waals surface area contributed by atoms with Crippen LogP contribution in [0.3, 0.4) is 0 Å². The van der Waals surface area contributed by atoms with Gasteiger partial charge in [-0.3, -0.25) is 9.59 Å². The standard InChI is InChI=1S/C16H19N3O4S/c1-3-8-23-12-6-4-11(5-7-12)10(2)18-19-16-17-15(22)13(24-16)9-14(20)21/h4-7,13H,3,8-9H2,1-2H3,(H,20,21)(H,17,19,22). The van der Waals surface area contributed by atoms with E-state index in [1.165, 1.54) is 0 Å². The molecule has 1 fully saturated rings. The lowest BCUT2D eigenvalue weighted by molar-refractivity contribution is -0.138. The van der Waals surface area contributed by atoms with E-state index in [2.05, 4.69) is 15.5 Å². The van der Waals surface area contributed by atoms with Crippen LogP contribution in [-0.4, -0.2) is 39.7 Å². The van der Waals surface area contributed by atoms with E-state index in [1.54, 1.807) is 0 Å². The van der Waals surface area contributed by atoms with E-state index in [4.69, 9.17) is 9.84 Å². The Kier molecular flexibility index (Phi) is 6.36. The highest BCUT2D eigenvalue weighted by atomic mass is 32.2. The van der Waals surface area contributed by atoms with Crippen molar-refractivity contribution in [1.29, 1.82) is 0 Å². The van der Waals surface area contributed by atoms with Crippen LogP contribution in [0.15, 0.2) is 34.5 Å². The topological polar surface area (TPSA) is 100 Å². The Hall–Kier alpha value is -2.35. The van der Waals surface area contributed by atoms with E-state index in [-0.39, 0.29) is 12.3 Å². The van der Waals surface area contributed by atoms with Crippen LogP contribution in [0.4, 0.5) is 0 Å². The molecule has 0 spiro atoms. The van der Waals surface area contributed by atoms with Crippen LogP contribution < -0.4 is 10.1 Å². The summed E-state index contributed by atoms with van der Waals surface area (Å²) in [5.41, 5.74) is 1.57. The number of thioether (sulfide) groups is 1. The number of benzene rings is 1. The Morgan fingerprint density at radius 1 is 1.38 bits per heavy atom. The monoisotopic (exact) mass is 349 g/mol. The number of carbonyl (C=O) groups excluding carboxylic acids is 1. The molecule has 1 amide bonds. The van der Waals surface area contributed by atoms with E-state index in [9.17, 15) is 9.59 Å². The molecular formula is C16H19N3O4S. The van der Waals surface area contributed by atoms with E-state index < -0.39 is 11.2 Å².